The number of hydrogen-bond acceptors (Lipinski definition) is 5. The van der Waals surface area contributed by atoms with Gasteiger partial charge in [0.25, 0.3) is 5.91 Å². The number of carboxylic acids is 1. The van der Waals surface area contributed by atoms with Crippen LogP contribution in [0.3, 0.4) is 0 Å². The van der Waals surface area contributed by atoms with E-state index in [0.29, 0.717) is 22.6 Å². The molecule has 2 aromatic carbocycles. The molecule has 0 saturated heterocycles. The van der Waals surface area contributed by atoms with Crippen LogP contribution in [0, 0.1) is 0 Å². The van der Waals surface area contributed by atoms with E-state index in [-0.39, 0.29) is 23.8 Å². The Morgan fingerprint density at radius 2 is 1.56 bits per heavy atom. The van der Waals surface area contributed by atoms with Gasteiger partial charge in [0.15, 0.2) is 11.5 Å². The summed E-state index contributed by atoms with van der Waals surface area (Å²) >= 11 is 0. The molecule has 0 radical (unpaired) electrons. The maximum Gasteiger partial charge on any atom is 0.339 e. The summed E-state index contributed by atoms with van der Waals surface area (Å²) in [6.07, 6.45) is 0. The fourth-order valence-electron chi connectivity index (χ4n) is 2.29. The molecule has 0 saturated carbocycles. The van der Waals surface area contributed by atoms with Gasteiger partial charge in [0.2, 0.25) is 0 Å². The molecule has 132 valence electrons. The Bertz CT molecular complexity index is 787. The zero-order chi connectivity index (χ0) is 18.4. The van der Waals surface area contributed by atoms with Crippen molar-refractivity contribution >= 4 is 11.9 Å². The highest BCUT2D eigenvalue weighted by Crippen LogP contribution is 2.27. The Hall–Kier alpha value is -3.22. The first kappa shape index (κ1) is 18.1. The summed E-state index contributed by atoms with van der Waals surface area (Å²) in [7, 11) is 4.41. The summed E-state index contributed by atoms with van der Waals surface area (Å²) in [5.74, 6) is -0.158. The number of carbonyl (C=O) groups excluding carboxylic acids is 1. The van der Waals surface area contributed by atoms with Gasteiger partial charge in [-0.2, -0.15) is 0 Å². The van der Waals surface area contributed by atoms with E-state index in [4.69, 9.17) is 14.2 Å². The summed E-state index contributed by atoms with van der Waals surface area (Å²) in [5.41, 5.74) is 1.09. The smallest absolute Gasteiger partial charge is 0.339 e. The van der Waals surface area contributed by atoms with Crippen LogP contribution in [-0.2, 0) is 6.54 Å². The summed E-state index contributed by atoms with van der Waals surface area (Å²) < 4.78 is 15.3. The van der Waals surface area contributed by atoms with Crippen molar-refractivity contribution in [1.29, 1.82) is 0 Å². The molecule has 0 atom stereocenters. The molecule has 0 fully saturated rings. The van der Waals surface area contributed by atoms with E-state index < -0.39 is 5.97 Å². The highest BCUT2D eigenvalue weighted by atomic mass is 16.5. The molecular weight excluding hydrogens is 326 g/mol. The third-order valence-electron chi connectivity index (χ3n) is 3.59. The number of ether oxygens (including phenoxy) is 3. The Kier molecular flexibility index (Phi) is 5.84. The fourth-order valence-corrected chi connectivity index (χ4v) is 2.29. The molecule has 0 aromatic heterocycles. The fraction of sp³-hybridized carbons (Fsp3) is 0.222. The predicted octanol–water partition coefficient (Wildman–Crippen LogP) is 2.34. The third-order valence-corrected chi connectivity index (χ3v) is 3.59. The van der Waals surface area contributed by atoms with Crippen LogP contribution in [0.1, 0.15) is 26.3 Å². The first-order valence-electron chi connectivity index (χ1n) is 7.40. The number of carbonyl (C=O) groups is 2. The highest BCUT2D eigenvalue weighted by Gasteiger charge is 2.13. The molecule has 0 spiro atoms. The van der Waals surface area contributed by atoms with E-state index >= 15 is 0 Å². The van der Waals surface area contributed by atoms with Crippen molar-refractivity contribution in [2.24, 2.45) is 0 Å². The first-order valence-corrected chi connectivity index (χ1v) is 7.40. The Morgan fingerprint density at radius 3 is 2.16 bits per heavy atom. The SMILES string of the molecule is COc1ccc(C(=O)NCc2ccc(OC)c(C(=O)O)c2)cc1OC. The quantitative estimate of drug-likeness (QED) is 0.800. The van der Waals surface area contributed by atoms with Gasteiger partial charge >= 0.3 is 5.97 Å². The normalized spacial score (nSPS) is 10.0. The van der Waals surface area contributed by atoms with Crippen LogP contribution in [0.25, 0.3) is 0 Å². The van der Waals surface area contributed by atoms with Crippen molar-refractivity contribution in [1.82, 2.24) is 5.32 Å². The predicted molar refractivity (Wildman–Crippen MR) is 90.7 cm³/mol. The maximum atomic E-state index is 12.3. The van der Waals surface area contributed by atoms with Gasteiger partial charge in [-0.15, -0.1) is 0 Å². The molecule has 0 bridgehead atoms. The zero-order valence-corrected chi connectivity index (χ0v) is 14.2. The summed E-state index contributed by atoms with van der Waals surface area (Å²) in [5, 5.41) is 11.9. The van der Waals surface area contributed by atoms with E-state index in [0.717, 1.165) is 0 Å². The molecule has 0 heterocycles. The summed E-state index contributed by atoms with van der Waals surface area (Å²) in [4.78, 5) is 23.5. The summed E-state index contributed by atoms with van der Waals surface area (Å²) in [6, 6.07) is 9.56. The molecule has 0 aliphatic heterocycles. The van der Waals surface area contributed by atoms with Crippen LogP contribution in [0.2, 0.25) is 0 Å². The standard InChI is InChI=1S/C18H19NO6/c1-23-14-6-4-11(8-13(14)18(21)22)10-19-17(20)12-5-7-15(24-2)16(9-12)25-3/h4-9H,10H2,1-3H3,(H,19,20)(H,21,22). The van der Waals surface area contributed by atoms with Gasteiger partial charge in [-0.25, -0.2) is 4.79 Å². The number of benzene rings is 2. The minimum atomic E-state index is -1.09. The van der Waals surface area contributed by atoms with Crippen LogP contribution >= 0.6 is 0 Å². The van der Waals surface area contributed by atoms with Crippen molar-refractivity contribution < 1.29 is 28.9 Å². The van der Waals surface area contributed by atoms with E-state index in [1.54, 1.807) is 30.3 Å². The second kappa shape index (κ2) is 8.05. The molecule has 0 aliphatic carbocycles. The van der Waals surface area contributed by atoms with Crippen LogP contribution in [-0.4, -0.2) is 38.3 Å². The Morgan fingerprint density at radius 1 is 0.920 bits per heavy atom. The van der Waals surface area contributed by atoms with E-state index in [1.807, 2.05) is 0 Å². The van der Waals surface area contributed by atoms with E-state index in [9.17, 15) is 14.7 Å². The molecule has 7 nitrogen and oxygen atoms in total. The van der Waals surface area contributed by atoms with Crippen molar-refractivity contribution in [2.45, 2.75) is 6.54 Å². The molecule has 2 N–H and O–H groups in total. The lowest BCUT2D eigenvalue weighted by atomic mass is 10.1. The van der Waals surface area contributed by atoms with Gasteiger partial charge in [-0.05, 0) is 35.9 Å². The second-order valence-corrected chi connectivity index (χ2v) is 5.09. The van der Waals surface area contributed by atoms with Crippen LogP contribution < -0.4 is 19.5 Å². The minimum Gasteiger partial charge on any atom is -0.496 e. The molecule has 2 aromatic rings. The molecule has 1 amide bonds. The number of hydrogen-bond donors (Lipinski definition) is 2. The van der Waals surface area contributed by atoms with E-state index in [1.165, 1.54) is 27.4 Å². The van der Waals surface area contributed by atoms with Gasteiger partial charge < -0.3 is 24.6 Å². The highest BCUT2D eigenvalue weighted by molar-refractivity contribution is 5.95. The molecule has 2 rings (SSSR count). The van der Waals surface area contributed by atoms with Crippen LogP contribution in [0.4, 0.5) is 0 Å². The molecular formula is C18H19NO6. The lowest BCUT2D eigenvalue weighted by Gasteiger charge is -2.11. The van der Waals surface area contributed by atoms with Crippen LogP contribution in [0.5, 0.6) is 17.2 Å². The largest absolute Gasteiger partial charge is 0.496 e. The number of methoxy groups -OCH3 is 3. The van der Waals surface area contributed by atoms with Crippen molar-refractivity contribution in [3.05, 3.63) is 53.1 Å². The first-order chi connectivity index (χ1) is 12.0. The maximum absolute atomic E-state index is 12.3. The molecule has 0 unspecified atom stereocenters. The summed E-state index contributed by atoms with van der Waals surface area (Å²) in [6.45, 7) is 0.178. The lowest BCUT2D eigenvalue weighted by Crippen LogP contribution is -2.23. The van der Waals surface area contributed by atoms with Gasteiger partial charge in [0.1, 0.15) is 11.3 Å². The topological polar surface area (TPSA) is 94.1 Å². The third kappa shape index (κ3) is 4.20. The van der Waals surface area contributed by atoms with Gasteiger partial charge in [-0.1, -0.05) is 6.07 Å². The van der Waals surface area contributed by atoms with E-state index in [2.05, 4.69) is 5.32 Å². The number of rotatable bonds is 7. The number of carboxylic acid groups (broad SMARTS) is 1. The number of aromatic carboxylic acids is 1. The van der Waals surface area contributed by atoms with Crippen molar-refractivity contribution in [2.75, 3.05) is 21.3 Å². The lowest BCUT2D eigenvalue weighted by molar-refractivity contribution is 0.0693. The second-order valence-electron chi connectivity index (χ2n) is 5.09. The average molecular weight is 345 g/mol. The van der Waals surface area contributed by atoms with Crippen molar-refractivity contribution in [3.63, 3.8) is 0 Å². The van der Waals surface area contributed by atoms with Gasteiger partial charge in [-0.3, -0.25) is 4.79 Å². The number of amides is 1. The van der Waals surface area contributed by atoms with Crippen molar-refractivity contribution in [3.8, 4) is 17.2 Å². The average Bonchev–Trinajstić information content (AvgIpc) is 2.65. The van der Waals surface area contributed by atoms with Gasteiger partial charge in [0.05, 0.1) is 21.3 Å². The van der Waals surface area contributed by atoms with Gasteiger partial charge in [0, 0.05) is 12.1 Å². The Labute approximate surface area is 145 Å². The monoisotopic (exact) mass is 345 g/mol. The Balaban J connectivity index is 2.12. The minimum absolute atomic E-state index is 0.0420. The van der Waals surface area contributed by atoms with Crippen LogP contribution in [0.15, 0.2) is 36.4 Å². The molecule has 25 heavy (non-hydrogen) atoms. The molecule has 7 heteroatoms. The molecule has 0 aliphatic rings. The number of nitrogens with one attached hydrogen (secondary N) is 1. The zero-order valence-electron chi connectivity index (χ0n) is 14.2.